The van der Waals surface area contributed by atoms with Crippen molar-refractivity contribution >= 4 is 50.8 Å². The maximum Gasteiger partial charge on any atom is 0.339 e. The van der Waals surface area contributed by atoms with E-state index in [0.29, 0.717) is 42.7 Å². The second kappa shape index (κ2) is 13.5. The van der Waals surface area contributed by atoms with Crippen LogP contribution in [0.2, 0.25) is 0 Å². The van der Waals surface area contributed by atoms with Crippen LogP contribution in [0, 0.1) is 5.92 Å². The van der Waals surface area contributed by atoms with Crippen molar-refractivity contribution in [1.29, 1.82) is 0 Å². The lowest BCUT2D eigenvalue weighted by atomic mass is 10.1. The largest absolute Gasteiger partial charge is 0.390 e. The van der Waals surface area contributed by atoms with E-state index in [1.165, 1.54) is 21.2 Å². The van der Waals surface area contributed by atoms with Crippen LogP contribution in [0.15, 0.2) is 83.4 Å². The Morgan fingerprint density at radius 1 is 0.962 bits per heavy atom. The summed E-state index contributed by atoms with van der Waals surface area (Å²) in [7, 11) is -3.88. The second-order valence-corrected chi connectivity index (χ2v) is 16.8. The maximum atomic E-state index is 14.4. The number of nitrogens with one attached hydrogen (secondary N) is 3. The van der Waals surface area contributed by atoms with Crippen LogP contribution in [0.4, 0.5) is 4.79 Å². The third-order valence-electron chi connectivity index (χ3n) is 10.3. The van der Waals surface area contributed by atoms with Gasteiger partial charge in [0, 0.05) is 30.0 Å². The molecule has 2 saturated carbocycles. The van der Waals surface area contributed by atoms with Crippen LogP contribution in [-0.4, -0.2) is 83.8 Å². The predicted octanol–water partition coefficient (Wildman–Crippen LogP) is 3.93. The third-order valence-corrected chi connectivity index (χ3v) is 13.0. The van der Waals surface area contributed by atoms with Crippen molar-refractivity contribution < 1.29 is 32.4 Å². The van der Waals surface area contributed by atoms with Gasteiger partial charge in [0.05, 0.1) is 16.7 Å². The highest BCUT2D eigenvalue weighted by atomic mass is 32.2. The van der Waals surface area contributed by atoms with Crippen LogP contribution < -0.4 is 15.5 Å². The number of hydrogen-bond acceptors (Lipinski definition) is 9. The zero-order valence-corrected chi connectivity index (χ0v) is 29.8. The van der Waals surface area contributed by atoms with Crippen molar-refractivity contribution in [3.63, 3.8) is 0 Å². The summed E-state index contributed by atoms with van der Waals surface area (Å²) in [5.74, 6) is -2.27. The molecule has 0 unspecified atom stereocenters. The number of nitrogens with zero attached hydrogens (tertiary/aromatic N) is 3. The Bertz CT molecular complexity index is 2050. The molecule has 15 heteroatoms. The fourth-order valence-electron chi connectivity index (χ4n) is 7.25. The number of sulfonamides is 1. The van der Waals surface area contributed by atoms with Gasteiger partial charge in [0.15, 0.2) is 0 Å². The summed E-state index contributed by atoms with van der Waals surface area (Å²) >= 11 is 1.24. The lowest BCUT2D eigenvalue weighted by Crippen LogP contribution is -2.59. The maximum absolute atomic E-state index is 14.4. The Hall–Kier alpha value is -5.02. The number of fused-ring (bicyclic) bond motifs is 5. The van der Waals surface area contributed by atoms with Crippen LogP contribution in [-0.2, 0) is 24.4 Å². The quantitative estimate of drug-likeness (QED) is 0.191. The molecule has 8 rings (SSSR count). The lowest BCUT2D eigenvalue weighted by molar-refractivity contribution is -0.131. The van der Waals surface area contributed by atoms with E-state index in [1.54, 1.807) is 17.5 Å². The number of carbonyl (C=O) groups is 4. The molecule has 5 amide bonds. The number of allylic oxidation sites excluding steroid dienone is 1. The topological polar surface area (TPSA) is 167 Å². The first-order valence-corrected chi connectivity index (χ1v) is 20.0. The zero-order chi connectivity index (χ0) is 36.0. The first-order valence-electron chi connectivity index (χ1n) is 17.5. The van der Waals surface area contributed by atoms with Gasteiger partial charge in [-0.25, -0.2) is 18.2 Å². The number of thiophene rings is 1. The summed E-state index contributed by atoms with van der Waals surface area (Å²) in [6.45, 7) is 0.172. The number of hydrogen-bond donors (Lipinski definition) is 3. The van der Waals surface area contributed by atoms with Gasteiger partial charge in [-0.05, 0) is 61.1 Å². The highest BCUT2D eigenvalue weighted by molar-refractivity contribution is 7.91. The molecule has 0 radical (unpaired) electrons. The number of benzene rings is 2. The zero-order valence-electron chi connectivity index (χ0n) is 28.2. The molecule has 270 valence electrons. The Morgan fingerprint density at radius 3 is 2.35 bits per heavy atom. The van der Waals surface area contributed by atoms with Crippen molar-refractivity contribution in [3.05, 3.63) is 94.2 Å². The Kier molecular flexibility index (Phi) is 8.86. The van der Waals surface area contributed by atoms with E-state index in [1.807, 2.05) is 60.7 Å². The van der Waals surface area contributed by atoms with Crippen molar-refractivity contribution in [2.75, 3.05) is 13.1 Å². The highest BCUT2D eigenvalue weighted by Gasteiger charge is 2.62. The first kappa shape index (κ1) is 34.1. The summed E-state index contributed by atoms with van der Waals surface area (Å²) in [5, 5.41) is 9.83. The van der Waals surface area contributed by atoms with Gasteiger partial charge in [-0.1, -0.05) is 71.9 Å². The molecule has 4 atom stereocenters. The van der Waals surface area contributed by atoms with Crippen LogP contribution in [0.3, 0.4) is 0 Å². The SMILES string of the molecule is O=C(NN1CCCC/C=C\[C@@H]2C[C@]2(C(=O)NS(=O)(=O)C2CC2)NC(=O)[C@@H]2C[C@@H](ON=C3c4ccccc4-c4ccccc43)CN2C1=O)c1cccs1. The Labute approximate surface area is 305 Å². The van der Waals surface area contributed by atoms with E-state index in [4.69, 9.17) is 4.84 Å². The molecule has 3 fully saturated rings. The average molecular weight is 743 g/mol. The normalized spacial score (nSPS) is 26.2. The van der Waals surface area contributed by atoms with Crippen molar-refractivity contribution in [1.82, 2.24) is 25.4 Å². The van der Waals surface area contributed by atoms with Gasteiger partial charge in [-0.15, -0.1) is 11.3 Å². The van der Waals surface area contributed by atoms with Crippen LogP contribution in [0.5, 0.6) is 0 Å². The van der Waals surface area contributed by atoms with Gasteiger partial charge in [0.25, 0.3) is 11.8 Å². The third kappa shape index (κ3) is 6.47. The summed E-state index contributed by atoms with van der Waals surface area (Å²) < 4.78 is 27.8. The van der Waals surface area contributed by atoms with Crippen LogP contribution >= 0.6 is 11.3 Å². The van der Waals surface area contributed by atoms with Gasteiger partial charge < -0.3 is 15.1 Å². The van der Waals surface area contributed by atoms with E-state index < -0.39 is 62.6 Å². The van der Waals surface area contributed by atoms with Crippen LogP contribution in [0.1, 0.15) is 65.7 Å². The fraction of sp³-hybridized carbons (Fsp3) is 0.378. The molecule has 2 aliphatic heterocycles. The van der Waals surface area contributed by atoms with Crippen molar-refractivity contribution in [3.8, 4) is 11.1 Å². The number of hydrazine groups is 1. The van der Waals surface area contributed by atoms with Gasteiger partial charge in [-0.3, -0.25) is 24.5 Å². The molecule has 52 heavy (non-hydrogen) atoms. The molecule has 1 aromatic heterocycles. The Balaban J connectivity index is 1.09. The number of rotatable bonds is 7. The minimum absolute atomic E-state index is 0.0268. The van der Waals surface area contributed by atoms with Crippen molar-refractivity contribution in [2.45, 2.75) is 67.9 Å². The lowest BCUT2D eigenvalue weighted by Gasteiger charge is -2.32. The minimum atomic E-state index is -3.88. The molecular formula is C37H38N6O7S2. The molecule has 2 aromatic carbocycles. The average Bonchev–Trinajstić information content (AvgIpc) is 3.94. The molecule has 3 aromatic rings. The summed E-state index contributed by atoms with van der Waals surface area (Å²) in [4.78, 5) is 63.3. The molecule has 3 N–H and O–H groups in total. The van der Waals surface area contributed by atoms with Crippen molar-refractivity contribution in [2.24, 2.45) is 11.1 Å². The predicted molar refractivity (Wildman–Crippen MR) is 193 cm³/mol. The number of urea groups is 1. The standard InChI is InChI=1S/C37H38N6O7S2/c44-33-30-20-24(50-40-32-28-13-6-4-11-26(28)27-12-5-7-14-29(27)32)22-42(30)36(47)43(39-34(45)31-15-9-19-51-31)18-8-2-1-3-10-23-21-37(23,38-33)35(46)41-52(48,49)25-16-17-25/h3-7,9-15,19,23-25,30H,1-2,8,16-18,20-22H2,(H,38,44)(H,39,45)(H,41,46)/b10-3-/t23-,24-,30+,37+/m1/s1. The number of carbonyl (C=O) groups excluding carboxylic acids is 4. The Morgan fingerprint density at radius 2 is 1.67 bits per heavy atom. The molecule has 0 bridgehead atoms. The molecular weight excluding hydrogens is 705 g/mol. The van der Waals surface area contributed by atoms with E-state index >= 15 is 0 Å². The molecule has 3 heterocycles. The van der Waals surface area contributed by atoms with Gasteiger partial charge in [0.2, 0.25) is 15.9 Å². The molecule has 13 nitrogen and oxygen atoms in total. The minimum Gasteiger partial charge on any atom is -0.390 e. The number of amides is 5. The highest BCUT2D eigenvalue weighted by Crippen LogP contribution is 2.46. The smallest absolute Gasteiger partial charge is 0.339 e. The fourth-order valence-corrected chi connectivity index (χ4v) is 9.23. The van der Waals surface area contributed by atoms with Crippen LogP contribution in [0.25, 0.3) is 11.1 Å². The monoisotopic (exact) mass is 742 g/mol. The summed E-state index contributed by atoms with van der Waals surface area (Å²) in [6.07, 6.45) is 6.12. The van der Waals surface area contributed by atoms with E-state index in [0.717, 1.165) is 22.3 Å². The molecule has 3 aliphatic carbocycles. The van der Waals surface area contributed by atoms with E-state index in [2.05, 4.69) is 20.6 Å². The van der Waals surface area contributed by atoms with Gasteiger partial charge >= 0.3 is 6.03 Å². The first-order chi connectivity index (χ1) is 25.1. The van der Waals surface area contributed by atoms with Gasteiger partial charge in [-0.2, -0.15) is 0 Å². The second-order valence-electron chi connectivity index (χ2n) is 13.9. The van der Waals surface area contributed by atoms with E-state index in [9.17, 15) is 27.6 Å². The molecule has 1 saturated heterocycles. The summed E-state index contributed by atoms with van der Waals surface area (Å²) in [5.41, 5.74) is 5.74. The molecule has 0 spiro atoms. The number of oxime groups is 1. The summed E-state index contributed by atoms with van der Waals surface area (Å²) in [6, 6.07) is 17.4. The molecule has 5 aliphatic rings. The van der Waals surface area contributed by atoms with E-state index in [-0.39, 0.29) is 25.9 Å². The van der Waals surface area contributed by atoms with Gasteiger partial charge in [0.1, 0.15) is 23.4 Å².